The molecule has 1 aromatic heterocycles. The minimum absolute atomic E-state index is 0.00802. The van der Waals surface area contributed by atoms with Crippen molar-refractivity contribution in [2.45, 2.75) is 32.2 Å². The summed E-state index contributed by atoms with van der Waals surface area (Å²) in [4.78, 5) is 40.0. The van der Waals surface area contributed by atoms with E-state index in [0.717, 1.165) is 22.0 Å². The number of hydrogen-bond acceptors (Lipinski definition) is 4. The van der Waals surface area contributed by atoms with Gasteiger partial charge < -0.3 is 15.0 Å². The van der Waals surface area contributed by atoms with E-state index in [1.54, 1.807) is 12.1 Å². The number of aromatic amines is 1. The molecule has 0 spiro atoms. The Labute approximate surface area is 169 Å². The first-order valence-corrected chi connectivity index (χ1v) is 9.50. The molecule has 0 aliphatic heterocycles. The van der Waals surface area contributed by atoms with Crippen molar-refractivity contribution < 1.29 is 19.1 Å². The molecule has 0 aliphatic rings. The maximum atomic E-state index is 12.4. The van der Waals surface area contributed by atoms with Gasteiger partial charge in [-0.2, -0.15) is 0 Å². The largest absolute Gasteiger partial charge is 0.467 e. The lowest BCUT2D eigenvalue weighted by Crippen LogP contribution is -2.43. The van der Waals surface area contributed by atoms with Gasteiger partial charge in [-0.05, 0) is 18.6 Å². The third-order valence-corrected chi connectivity index (χ3v) is 4.87. The normalized spacial score (nSPS) is 11.8. The Morgan fingerprint density at radius 2 is 1.76 bits per heavy atom. The number of amides is 1. The number of rotatable bonds is 8. The summed E-state index contributed by atoms with van der Waals surface area (Å²) in [5, 5.41) is 3.70. The number of fused-ring (bicyclic) bond motifs is 1. The molecule has 1 unspecified atom stereocenters. The molecule has 6 nitrogen and oxygen atoms in total. The Morgan fingerprint density at radius 3 is 2.48 bits per heavy atom. The second-order valence-electron chi connectivity index (χ2n) is 7.00. The van der Waals surface area contributed by atoms with Gasteiger partial charge in [-0.25, -0.2) is 4.79 Å². The average molecular weight is 392 g/mol. The summed E-state index contributed by atoms with van der Waals surface area (Å²) in [5.74, 6) is -0.986. The van der Waals surface area contributed by atoms with Crippen LogP contribution in [0.1, 0.15) is 34.3 Å². The molecule has 6 heteroatoms. The molecule has 1 amide bonds. The summed E-state index contributed by atoms with van der Waals surface area (Å²) in [5.41, 5.74) is 3.51. The van der Waals surface area contributed by atoms with Crippen molar-refractivity contribution in [3.8, 4) is 0 Å². The molecule has 0 saturated heterocycles. The molecule has 29 heavy (non-hydrogen) atoms. The molecule has 0 fully saturated rings. The van der Waals surface area contributed by atoms with Gasteiger partial charge in [-0.1, -0.05) is 48.0 Å². The topological polar surface area (TPSA) is 88.3 Å². The van der Waals surface area contributed by atoms with Gasteiger partial charge in [0.2, 0.25) is 5.91 Å². The van der Waals surface area contributed by atoms with Crippen molar-refractivity contribution in [1.82, 2.24) is 10.3 Å². The van der Waals surface area contributed by atoms with Crippen LogP contribution in [0, 0.1) is 6.92 Å². The van der Waals surface area contributed by atoms with Gasteiger partial charge in [-0.3, -0.25) is 9.59 Å². The van der Waals surface area contributed by atoms with Gasteiger partial charge in [0.15, 0.2) is 5.78 Å². The number of hydrogen-bond donors (Lipinski definition) is 2. The van der Waals surface area contributed by atoms with Crippen LogP contribution in [0.4, 0.5) is 0 Å². The summed E-state index contributed by atoms with van der Waals surface area (Å²) in [6.07, 6.45) is 2.21. The molecule has 3 aromatic rings. The molecule has 1 atom stereocenters. The number of methoxy groups -OCH3 is 1. The zero-order chi connectivity index (χ0) is 20.8. The predicted molar refractivity (Wildman–Crippen MR) is 111 cm³/mol. The van der Waals surface area contributed by atoms with E-state index in [9.17, 15) is 14.4 Å². The quantitative estimate of drug-likeness (QED) is 0.455. The first-order chi connectivity index (χ1) is 14.0. The Balaban J connectivity index is 1.62. The summed E-state index contributed by atoms with van der Waals surface area (Å²) in [7, 11) is 1.29. The van der Waals surface area contributed by atoms with Crippen LogP contribution < -0.4 is 5.32 Å². The number of aryl methyl sites for hydroxylation is 1. The Bertz CT molecular complexity index is 1020. The van der Waals surface area contributed by atoms with E-state index in [-0.39, 0.29) is 24.5 Å². The van der Waals surface area contributed by atoms with Gasteiger partial charge in [0.05, 0.1) is 7.11 Å². The first kappa shape index (κ1) is 20.3. The third kappa shape index (κ3) is 5.10. The standard InChI is InChI=1S/C23H24N2O4/c1-15-7-9-16(10-8-15)21(26)11-12-22(27)25-20(23(28)29-2)13-17-14-24-19-6-4-3-5-18(17)19/h3-10,14,20,24H,11-13H2,1-2H3,(H,25,27). The molecule has 0 saturated carbocycles. The summed E-state index contributed by atoms with van der Waals surface area (Å²) in [6, 6.07) is 14.2. The van der Waals surface area contributed by atoms with Crippen LogP contribution >= 0.6 is 0 Å². The maximum Gasteiger partial charge on any atom is 0.328 e. The predicted octanol–water partition coefficient (Wildman–Crippen LogP) is 3.34. The number of aromatic nitrogens is 1. The molecular formula is C23H24N2O4. The zero-order valence-corrected chi connectivity index (χ0v) is 16.5. The lowest BCUT2D eigenvalue weighted by Gasteiger charge is -2.16. The van der Waals surface area contributed by atoms with Gasteiger partial charge in [-0.15, -0.1) is 0 Å². The molecule has 1 heterocycles. The molecule has 0 radical (unpaired) electrons. The minimum Gasteiger partial charge on any atom is -0.467 e. The fraction of sp³-hybridized carbons (Fsp3) is 0.261. The van der Waals surface area contributed by atoms with Crippen LogP contribution in [0.25, 0.3) is 10.9 Å². The second-order valence-corrected chi connectivity index (χ2v) is 7.00. The fourth-order valence-electron chi connectivity index (χ4n) is 3.23. The summed E-state index contributed by atoms with van der Waals surface area (Å²) in [6.45, 7) is 1.95. The summed E-state index contributed by atoms with van der Waals surface area (Å²) >= 11 is 0. The molecular weight excluding hydrogens is 368 g/mol. The van der Waals surface area contributed by atoms with E-state index in [2.05, 4.69) is 10.3 Å². The van der Waals surface area contributed by atoms with Gasteiger partial charge >= 0.3 is 5.97 Å². The van der Waals surface area contributed by atoms with Crippen molar-refractivity contribution in [2.75, 3.05) is 7.11 Å². The van der Waals surface area contributed by atoms with Gasteiger partial charge in [0.1, 0.15) is 6.04 Å². The number of Topliss-reactive ketones (excluding diaryl/α,β-unsaturated/α-hetero) is 1. The summed E-state index contributed by atoms with van der Waals surface area (Å²) < 4.78 is 4.85. The van der Waals surface area contributed by atoms with Crippen molar-refractivity contribution in [1.29, 1.82) is 0 Å². The smallest absolute Gasteiger partial charge is 0.328 e. The number of H-pyrrole nitrogens is 1. The van der Waals surface area contributed by atoms with Crippen molar-refractivity contribution in [2.24, 2.45) is 0 Å². The van der Waals surface area contributed by atoms with Crippen LogP contribution in [0.2, 0.25) is 0 Å². The highest BCUT2D eigenvalue weighted by atomic mass is 16.5. The van der Waals surface area contributed by atoms with E-state index in [1.165, 1.54) is 7.11 Å². The Kier molecular flexibility index (Phi) is 6.44. The van der Waals surface area contributed by atoms with E-state index in [1.807, 2.05) is 49.5 Å². The molecule has 150 valence electrons. The number of benzene rings is 2. The van der Waals surface area contributed by atoms with Crippen LogP contribution in [-0.2, 0) is 20.7 Å². The number of ketones is 1. The maximum absolute atomic E-state index is 12.4. The number of para-hydroxylation sites is 1. The van der Waals surface area contributed by atoms with Crippen molar-refractivity contribution in [3.05, 3.63) is 71.4 Å². The number of ether oxygens (including phenoxy) is 1. The highest BCUT2D eigenvalue weighted by Crippen LogP contribution is 2.19. The van der Waals surface area contributed by atoms with E-state index in [4.69, 9.17) is 4.74 Å². The third-order valence-electron chi connectivity index (χ3n) is 4.87. The lowest BCUT2D eigenvalue weighted by molar-refractivity contribution is -0.145. The number of carbonyl (C=O) groups excluding carboxylic acids is 3. The van der Waals surface area contributed by atoms with Crippen molar-refractivity contribution >= 4 is 28.6 Å². The van der Waals surface area contributed by atoms with Crippen LogP contribution in [0.5, 0.6) is 0 Å². The average Bonchev–Trinajstić information content (AvgIpc) is 3.14. The molecule has 3 rings (SSSR count). The highest BCUT2D eigenvalue weighted by Gasteiger charge is 2.23. The number of nitrogens with one attached hydrogen (secondary N) is 2. The second kappa shape index (κ2) is 9.19. The lowest BCUT2D eigenvalue weighted by atomic mass is 10.0. The molecule has 2 N–H and O–H groups in total. The van der Waals surface area contributed by atoms with E-state index < -0.39 is 12.0 Å². The fourth-order valence-corrected chi connectivity index (χ4v) is 3.23. The molecule has 2 aromatic carbocycles. The SMILES string of the molecule is COC(=O)C(Cc1c[nH]c2ccccc12)NC(=O)CCC(=O)c1ccc(C)cc1. The number of esters is 1. The monoisotopic (exact) mass is 392 g/mol. The van der Waals surface area contributed by atoms with Gasteiger partial charge in [0.25, 0.3) is 0 Å². The molecule has 0 bridgehead atoms. The van der Waals surface area contributed by atoms with Crippen molar-refractivity contribution in [3.63, 3.8) is 0 Å². The number of carbonyl (C=O) groups is 3. The Morgan fingerprint density at radius 1 is 1.03 bits per heavy atom. The highest BCUT2D eigenvalue weighted by molar-refractivity contribution is 5.98. The van der Waals surface area contributed by atoms with Gasteiger partial charge in [0, 0.05) is 41.9 Å². The minimum atomic E-state index is -0.818. The zero-order valence-electron chi connectivity index (χ0n) is 16.5. The van der Waals surface area contributed by atoms with E-state index in [0.29, 0.717) is 12.0 Å². The first-order valence-electron chi connectivity index (χ1n) is 9.50. The molecule has 0 aliphatic carbocycles. The van der Waals surface area contributed by atoms with Crippen LogP contribution in [0.15, 0.2) is 54.7 Å². The Hall–Kier alpha value is -3.41. The van der Waals surface area contributed by atoms with Crippen LogP contribution in [-0.4, -0.2) is 35.8 Å². The van der Waals surface area contributed by atoms with E-state index >= 15 is 0 Å². The van der Waals surface area contributed by atoms with Crippen LogP contribution in [0.3, 0.4) is 0 Å².